The summed E-state index contributed by atoms with van der Waals surface area (Å²) in [5.74, 6) is 0.0263. The van der Waals surface area contributed by atoms with E-state index in [0.29, 0.717) is 6.61 Å². The molecule has 1 aliphatic carbocycles. The first kappa shape index (κ1) is 17.0. The molecule has 0 amide bonds. The van der Waals surface area contributed by atoms with Gasteiger partial charge in [-0.05, 0) is 12.3 Å². The first-order chi connectivity index (χ1) is 11.7. The standard InChI is InChI=1S/C17H22O7/c1-3-5-20-16(18)11-7-10(11)12-8-22-15-13(9-23-14(12)15)24-17(19)21-6-4-2/h3-4,10-15H,1-2,5-9H2. The van der Waals surface area contributed by atoms with E-state index in [1.54, 1.807) is 6.08 Å². The molecule has 0 aromatic heterocycles. The number of hydrogen-bond donors (Lipinski definition) is 0. The molecular formula is C17H22O7. The van der Waals surface area contributed by atoms with Crippen LogP contribution < -0.4 is 0 Å². The molecule has 3 fully saturated rings. The van der Waals surface area contributed by atoms with E-state index in [9.17, 15) is 9.59 Å². The van der Waals surface area contributed by atoms with Crippen molar-refractivity contribution in [2.24, 2.45) is 17.8 Å². The molecule has 1 saturated carbocycles. The highest BCUT2D eigenvalue weighted by molar-refractivity contribution is 5.76. The lowest BCUT2D eigenvalue weighted by molar-refractivity contribution is -0.144. The summed E-state index contributed by atoms with van der Waals surface area (Å²) < 4.78 is 26.7. The van der Waals surface area contributed by atoms with Gasteiger partial charge in [-0.1, -0.05) is 25.3 Å². The zero-order valence-electron chi connectivity index (χ0n) is 13.4. The monoisotopic (exact) mass is 338 g/mol. The normalized spacial score (nSPS) is 36.5. The third kappa shape index (κ3) is 3.47. The zero-order chi connectivity index (χ0) is 17.1. The van der Waals surface area contributed by atoms with E-state index < -0.39 is 12.3 Å². The zero-order valence-corrected chi connectivity index (χ0v) is 13.4. The highest BCUT2D eigenvalue weighted by atomic mass is 16.7. The lowest BCUT2D eigenvalue weighted by Crippen LogP contribution is -2.33. The van der Waals surface area contributed by atoms with Gasteiger partial charge >= 0.3 is 12.1 Å². The molecule has 0 radical (unpaired) electrons. The van der Waals surface area contributed by atoms with Crippen LogP contribution in [0.1, 0.15) is 6.42 Å². The van der Waals surface area contributed by atoms with Gasteiger partial charge in [-0.25, -0.2) is 4.79 Å². The molecule has 132 valence electrons. The highest BCUT2D eigenvalue weighted by Crippen LogP contribution is 2.51. The topological polar surface area (TPSA) is 80.3 Å². The van der Waals surface area contributed by atoms with E-state index in [0.717, 1.165) is 6.42 Å². The second-order valence-electron chi connectivity index (χ2n) is 6.19. The Hall–Kier alpha value is -1.86. The quantitative estimate of drug-likeness (QED) is 0.514. The summed E-state index contributed by atoms with van der Waals surface area (Å²) >= 11 is 0. The lowest BCUT2D eigenvalue weighted by atomic mass is 9.95. The predicted molar refractivity (Wildman–Crippen MR) is 82.1 cm³/mol. The van der Waals surface area contributed by atoms with Crippen molar-refractivity contribution < 1.29 is 33.3 Å². The molecule has 6 unspecified atom stereocenters. The molecule has 0 aromatic carbocycles. The fourth-order valence-corrected chi connectivity index (χ4v) is 3.45. The Balaban J connectivity index is 1.49. The molecule has 7 heteroatoms. The van der Waals surface area contributed by atoms with Crippen LogP contribution in [-0.4, -0.2) is 56.9 Å². The molecule has 0 spiro atoms. The molecule has 2 aliphatic heterocycles. The van der Waals surface area contributed by atoms with Gasteiger partial charge in [0.15, 0.2) is 6.10 Å². The molecule has 2 saturated heterocycles. The van der Waals surface area contributed by atoms with E-state index >= 15 is 0 Å². The largest absolute Gasteiger partial charge is 0.509 e. The minimum Gasteiger partial charge on any atom is -0.461 e. The van der Waals surface area contributed by atoms with Crippen molar-refractivity contribution in [1.29, 1.82) is 0 Å². The highest BCUT2D eigenvalue weighted by Gasteiger charge is 2.58. The Morgan fingerprint density at radius 3 is 2.46 bits per heavy atom. The second kappa shape index (κ2) is 7.36. The van der Waals surface area contributed by atoms with Crippen molar-refractivity contribution in [3.8, 4) is 0 Å². The lowest BCUT2D eigenvalue weighted by Gasteiger charge is -2.16. The van der Waals surface area contributed by atoms with Gasteiger partial charge in [0.25, 0.3) is 0 Å². The van der Waals surface area contributed by atoms with Crippen molar-refractivity contribution >= 4 is 12.1 Å². The van der Waals surface area contributed by atoms with Crippen LogP contribution >= 0.6 is 0 Å². The summed E-state index contributed by atoms with van der Waals surface area (Å²) in [6, 6.07) is 0. The van der Waals surface area contributed by atoms with Crippen LogP contribution in [0.3, 0.4) is 0 Å². The van der Waals surface area contributed by atoms with Crippen LogP contribution in [0.4, 0.5) is 4.79 Å². The van der Waals surface area contributed by atoms with Crippen molar-refractivity contribution in [2.75, 3.05) is 26.4 Å². The van der Waals surface area contributed by atoms with Crippen LogP contribution in [0.25, 0.3) is 0 Å². The molecule has 0 N–H and O–H groups in total. The van der Waals surface area contributed by atoms with Gasteiger partial charge in [0.2, 0.25) is 0 Å². The number of esters is 1. The smallest absolute Gasteiger partial charge is 0.461 e. The maximum Gasteiger partial charge on any atom is 0.509 e. The fraction of sp³-hybridized carbons (Fsp3) is 0.647. The van der Waals surface area contributed by atoms with Crippen LogP contribution in [0.5, 0.6) is 0 Å². The van der Waals surface area contributed by atoms with Crippen molar-refractivity contribution in [1.82, 2.24) is 0 Å². The molecule has 0 aromatic rings. The number of rotatable bonds is 7. The molecule has 0 bridgehead atoms. The number of fused-ring (bicyclic) bond motifs is 1. The third-order valence-electron chi connectivity index (χ3n) is 4.65. The predicted octanol–water partition coefficient (Wildman–Crippen LogP) is 1.47. The first-order valence-corrected chi connectivity index (χ1v) is 8.10. The maximum atomic E-state index is 11.9. The third-order valence-corrected chi connectivity index (χ3v) is 4.65. The SMILES string of the molecule is C=CCOC(=O)OC1COC2C(C3CC3C(=O)OCC=C)COC12. The Morgan fingerprint density at radius 1 is 1.00 bits per heavy atom. The van der Waals surface area contributed by atoms with Gasteiger partial charge in [0, 0.05) is 5.92 Å². The van der Waals surface area contributed by atoms with Gasteiger partial charge < -0.3 is 23.7 Å². The van der Waals surface area contributed by atoms with Gasteiger partial charge in [0.05, 0.1) is 25.2 Å². The summed E-state index contributed by atoms with van der Waals surface area (Å²) in [7, 11) is 0. The Morgan fingerprint density at radius 2 is 1.71 bits per heavy atom. The average Bonchev–Trinajstić information content (AvgIpc) is 3.10. The number of hydrogen-bond acceptors (Lipinski definition) is 7. The number of carbonyl (C=O) groups is 2. The van der Waals surface area contributed by atoms with Crippen LogP contribution in [-0.2, 0) is 28.5 Å². The number of ether oxygens (including phenoxy) is 5. The minimum atomic E-state index is -0.756. The van der Waals surface area contributed by atoms with Gasteiger partial charge in [0.1, 0.15) is 19.3 Å². The molecular weight excluding hydrogens is 316 g/mol. The van der Waals surface area contributed by atoms with Gasteiger partial charge in [-0.3, -0.25) is 4.79 Å². The van der Waals surface area contributed by atoms with Crippen LogP contribution in [0.2, 0.25) is 0 Å². The van der Waals surface area contributed by atoms with Crippen molar-refractivity contribution in [3.63, 3.8) is 0 Å². The second-order valence-corrected chi connectivity index (χ2v) is 6.19. The van der Waals surface area contributed by atoms with Crippen LogP contribution in [0, 0.1) is 17.8 Å². The van der Waals surface area contributed by atoms with E-state index in [-0.39, 0.29) is 55.8 Å². The molecule has 6 atom stereocenters. The van der Waals surface area contributed by atoms with Crippen LogP contribution in [0.15, 0.2) is 25.3 Å². The van der Waals surface area contributed by atoms with E-state index in [2.05, 4.69) is 13.2 Å². The summed E-state index contributed by atoms with van der Waals surface area (Å²) in [6.07, 6.45) is 2.09. The molecule has 3 rings (SSSR count). The van der Waals surface area contributed by atoms with Gasteiger partial charge in [-0.2, -0.15) is 0 Å². The number of carbonyl (C=O) groups excluding carboxylic acids is 2. The van der Waals surface area contributed by atoms with Crippen molar-refractivity contribution in [2.45, 2.75) is 24.7 Å². The Bertz CT molecular complexity index is 517. The summed E-state index contributed by atoms with van der Waals surface area (Å²) in [6.45, 7) is 8.09. The average molecular weight is 338 g/mol. The molecule has 3 aliphatic rings. The fourth-order valence-electron chi connectivity index (χ4n) is 3.45. The Kier molecular flexibility index (Phi) is 5.20. The Labute approximate surface area is 140 Å². The minimum absolute atomic E-state index is 0.0978. The first-order valence-electron chi connectivity index (χ1n) is 8.10. The molecule has 7 nitrogen and oxygen atoms in total. The van der Waals surface area contributed by atoms with E-state index in [1.807, 2.05) is 0 Å². The molecule has 24 heavy (non-hydrogen) atoms. The summed E-state index contributed by atoms with van der Waals surface area (Å²) in [4.78, 5) is 23.4. The summed E-state index contributed by atoms with van der Waals surface area (Å²) in [5, 5.41) is 0. The van der Waals surface area contributed by atoms with E-state index in [1.165, 1.54) is 6.08 Å². The maximum absolute atomic E-state index is 11.9. The summed E-state index contributed by atoms with van der Waals surface area (Å²) in [5.41, 5.74) is 0. The molecule has 2 heterocycles. The van der Waals surface area contributed by atoms with E-state index in [4.69, 9.17) is 23.7 Å². The van der Waals surface area contributed by atoms with Crippen molar-refractivity contribution in [3.05, 3.63) is 25.3 Å². The van der Waals surface area contributed by atoms with Gasteiger partial charge in [-0.15, -0.1) is 0 Å².